The van der Waals surface area contributed by atoms with E-state index >= 15 is 0 Å². The molecule has 47 heavy (non-hydrogen) atoms. The highest BCUT2D eigenvalue weighted by atomic mass is 32.1. The van der Waals surface area contributed by atoms with Gasteiger partial charge < -0.3 is 24.0 Å². The van der Waals surface area contributed by atoms with Crippen molar-refractivity contribution in [2.24, 2.45) is 0 Å². The zero-order valence-corrected chi connectivity index (χ0v) is 30.0. The Labute approximate surface area is 287 Å². The minimum Gasteiger partial charge on any atom is -0.470 e. The van der Waals surface area contributed by atoms with Gasteiger partial charge in [-0.05, 0) is 65.7 Å². The lowest BCUT2D eigenvalue weighted by molar-refractivity contribution is -0.155. The van der Waals surface area contributed by atoms with Crippen LogP contribution in [0, 0.1) is 0 Å². The molecule has 1 aromatic heterocycles. The molecule has 1 aromatic rings. The van der Waals surface area contributed by atoms with Crippen molar-refractivity contribution in [3.8, 4) is 5.88 Å². The summed E-state index contributed by atoms with van der Waals surface area (Å²) in [6.45, 7) is 12.5. The molecule has 1 aliphatic rings. The molecule has 0 radical (unpaired) electrons. The number of allylic oxidation sites excluding steroid dienone is 12. The van der Waals surface area contributed by atoms with Gasteiger partial charge in [0.25, 0.3) is 5.88 Å². The Balaban J connectivity index is 1.75. The van der Waals surface area contributed by atoms with Gasteiger partial charge in [0.1, 0.15) is 6.61 Å². The lowest BCUT2D eigenvalue weighted by atomic mass is 10.1. The number of esters is 1. The molecule has 260 valence electrons. The van der Waals surface area contributed by atoms with Gasteiger partial charge in [-0.25, -0.2) is 0 Å². The number of nitrogens with zero attached hydrogens (tertiary/aromatic N) is 4. The van der Waals surface area contributed by atoms with Crippen LogP contribution in [0.1, 0.15) is 86.0 Å². The first kappa shape index (κ1) is 39.7. The largest absolute Gasteiger partial charge is 0.470 e. The third kappa shape index (κ3) is 17.8. The molecule has 0 spiro atoms. The molecule has 0 aliphatic carbocycles. The molecule has 1 saturated heterocycles. The maximum absolute atomic E-state index is 12.8. The second-order valence-corrected chi connectivity index (χ2v) is 12.7. The van der Waals surface area contributed by atoms with E-state index < -0.39 is 11.6 Å². The molecule has 1 aliphatic heterocycles. The van der Waals surface area contributed by atoms with Crippen LogP contribution in [0.5, 0.6) is 5.88 Å². The molecule has 0 saturated carbocycles. The van der Waals surface area contributed by atoms with Gasteiger partial charge in [-0.3, -0.25) is 9.59 Å². The summed E-state index contributed by atoms with van der Waals surface area (Å²) in [5.41, 5.74) is -0.441. The lowest BCUT2D eigenvalue weighted by Gasteiger charge is -2.37. The molecular weight excluding hydrogens is 612 g/mol. The fourth-order valence-corrected chi connectivity index (χ4v) is 5.22. The summed E-state index contributed by atoms with van der Waals surface area (Å²) in [5, 5.41) is 0. The molecule has 9 nitrogen and oxygen atoms in total. The van der Waals surface area contributed by atoms with Crippen LogP contribution >= 0.6 is 11.7 Å². The van der Waals surface area contributed by atoms with Gasteiger partial charge in [0.15, 0.2) is 6.10 Å². The molecule has 0 aromatic carbocycles. The summed E-state index contributed by atoms with van der Waals surface area (Å²) >= 11 is 1.08. The van der Waals surface area contributed by atoms with Crippen LogP contribution in [0.4, 0.5) is 5.82 Å². The van der Waals surface area contributed by atoms with Gasteiger partial charge in [-0.1, -0.05) is 79.8 Å². The van der Waals surface area contributed by atoms with Gasteiger partial charge in [0.2, 0.25) is 11.7 Å². The molecule has 1 atom stereocenters. The first-order valence-corrected chi connectivity index (χ1v) is 17.6. The number of carbonyl (C=O) groups excluding carboxylic acids is 2. The molecule has 10 heteroatoms. The fraction of sp³-hybridized carbons (Fsp3) is 0.568. The standard InChI is InChI=1S/C37H56N4O5S/c1-6-7-8-9-10-11-12-13-14-15-16-17-18-19-20-21-22-23-24-25-34(43)46-33(30-41(32(2)42)37(3,4)5)31-45-36-35(38-47-39-36)40-26-28-44-29-27-40/h7-8,10-11,13-14,16-17,19-20,22-23,33H,6,9,12,15,18,21,24-31H2,1-5H3/b8-7-,11-10-,14-13-,17-16-,20-19-,23-22-/t33-/m0/s1. The highest BCUT2D eigenvalue weighted by Gasteiger charge is 2.29. The summed E-state index contributed by atoms with van der Waals surface area (Å²) in [7, 11) is 0. The Morgan fingerprint density at radius 2 is 1.40 bits per heavy atom. The van der Waals surface area contributed by atoms with Crippen molar-refractivity contribution in [3.05, 3.63) is 72.9 Å². The van der Waals surface area contributed by atoms with Crippen molar-refractivity contribution in [3.63, 3.8) is 0 Å². The Morgan fingerprint density at radius 1 is 0.872 bits per heavy atom. The van der Waals surface area contributed by atoms with Gasteiger partial charge in [-0.15, -0.1) is 4.37 Å². The summed E-state index contributed by atoms with van der Waals surface area (Å²) in [4.78, 5) is 29.0. The number of morpholine rings is 1. The SMILES string of the molecule is CC/C=C\C/C=C\C/C=C\C/C=C\C/C=C\C/C=C\CCC(=O)O[C@H](COc1nsnc1N1CCOCC1)CN(C(C)=O)C(C)(C)C. The smallest absolute Gasteiger partial charge is 0.306 e. The van der Waals surface area contributed by atoms with Crippen LogP contribution in [0.3, 0.4) is 0 Å². The Bertz CT molecular complexity index is 1210. The van der Waals surface area contributed by atoms with Crippen LogP contribution in [-0.2, 0) is 19.1 Å². The van der Waals surface area contributed by atoms with Gasteiger partial charge in [0, 0.05) is 32.0 Å². The summed E-state index contributed by atoms with van der Waals surface area (Å²) in [6, 6.07) is 0. The van der Waals surface area contributed by atoms with Gasteiger partial charge in [0.05, 0.1) is 31.5 Å². The zero-order valence-electron chi connectivity index (χ0n) is 29.1. The van der Waals surface area contributed by atoms with Crippen LogP contribution in [-0.4, -0.2) is 76.6 Å². The first-order chi connectivity index (χ1) is 22.7. The number of amides is 1. The molecule has 1 fully saturated rings. The van der Waals surface area contributed by atoms with Crippen molar-refractivity contribution >= 4 is 29.4 Å². The number of hydrogen-bond donors (Lipinski definition) is 0. The van der Waals surface area contributed by atoms with E-state index in [2.05, 4.69) is 87.4 Å². The second kappa shape index (κ2) is 23.8. The average molecular weight is 669 g/mol. The van der Waals surface area contributed by atoms with Crippen molar-refractivity contribution < 1.29 is 23.8 Å². The van der Waals surface area contributed by atoms with Crippen LogP contribution in [0.15, 0.2) is 72.9 Å². The number of hydrogen-bond acceptors (Lipinski definition) is 9. The van der Waals surface area contributed by atoms with Crippen LogP contribution < -0.4 is 9.64 Å². The van der Waals surface area contributed by atoms with E-state index in [0.717, 1.165) is 50.3 Å². The van der Waals surface area contributed by atoms with Crippen molar-refractivity contribution in [2.75, 3.05) is 44.4 Å². The Kier molecular flexibility index (Phi) is 20.1. The van der Waals surface area contributed by atoms with E-state index in [1.807, 2.05) is 26.8 Å². The van der Waals surface area contributed by atoms with Crippen molar-refractivity contribution in [1.29, 1.82) is 0 Å². The van der Waals surface area contributed by atoms with Crippen molar-refractivity contribution in [2.45, 2.75) is 97.6 Å². The first-order valence-electron chi connectivity index (χ1n) is 16.9. The lowest BCUT2D eigenvalue weighted by Crippen LogP contribution is -2.50. The molecular formula is C37H56N4O5S. The molecule has 2 rings (SSSR count). The number of anilines is 1. The van der Waals surface area contributed by atoms with E-state index in [1.165, 1.54) is 6.92 Å². The highest BCUT2D eigenvalue weighted by molar-refractivity contribution is 6.99. The van der Waals surface area contributed by atoms with Gasteiger partial charge >= 0.3 is 5.97 Å². The Morgan fingerprint density at radius 3 is 1.91 bits per heavy atom. The van der Waals surface area contributed by atoms with E-state index in [4.69, 9.17) is 14.2 Å². The minimum atomic E-state index is -0.657. The Hall–Kier alpha value is -3.50. The molecule has 0 N–H and O–H groups in total. The molecule has 1 amide bonds. The highest BCUT2D eigenvalue weighted by Crippen LogP contribution is 2.27. The quantitative estimate of drug-likeness (QED) is 0.0968. The van der Waals surface area contributed by atoms with E-state index in [-0.39, 0.29) is 31.4 Å². The average Bonchev–Trinajstić information content (AvgIpc) is 3.52. The summed E-state index contributed by atoms with van der Waals surface area (Å²) in [5.74, 6) is 0.641. The molecule has 0 bridgehead atoms. The number of ether oxygens (including phenoxy) is 3. The van der Waals surface area contributed by atoms with Crippen LogP contribution in [0.2, 0.25) is 0 Å². The monoisotopic (exact) mass is 668 g/mol. The maximum atomic E-state index is 12.8. The molecule has 0 unspecified atom stereocenters. The summed E-state index contributed by atoms with van der Waals surface area (Å²) in [6.07, 6.45) is 31.8. The summed E-state index contributed by atoms with van der Waals surface area (Å²) < 4.78 is 26.0. The van der Waals surface area contributed by atoms with Crippen molar-refractivity contribution in [1.82, 2.24) is 13.6 Å². The predicted octanol–water partition coefficient (Wildman–Crippen LogP) is 7.79. The minimum absolute atomic E-state index is 0.0638. The topological polar surface area (TPSA) is 94.1 Å². The van der Waals surface area contributed by atoms with Crippen LogP contribution in [0.25, 0.3) is 0 Å². The van der Waals surface area contributed by atoms with Gasteiger partial charge in [-0.2, -0.15) is 4.37 Å². The number of aromatic nitrogens is 2. The maximum Gasteiger partial charge on any atom is 0.306 e. The number of carbonyl (C=O) groups is 2. The second-order valence-electron chi connectivity index (χ2n) is 12.2. The third-order valence-corrected chi connectivity index (χ3v) is 7.65. The van der Waals surface area contributed by atoms with E-state index in [9.17, 15) is 9.59 Å². The van der Waals surface area contributed by atoms with E-state index in [1.54, 1.807) is 4.90 Å². The number of rotatable bonds is 21. The van der Waals surface area contributed by atoms with E-state index in [0.29, 0.717) is 44.4 Å². The normalized spacial score (nSPS) is 15.3. The zero-order chi connectivity index (χ0) is 34.2. The predicted molar refractivity (Wildman–Crippen MR) is 193 cm³/mol. The fourth-order valence-electron chi connectivity index (χ4n) is 4.69. The molecule has 2 heterocycles. The third-order valence-electron chi connectivity index (χ3n) is 7.14.